The predicted octanol–water partition coefficient (Wildman–Crippen LogP) is 2.97. The molecule has 0 spiro atoms. The van der Waals surface area contributed by atoms with Gasteiger partial charge in [0.25, 0.3) is 0 Å². The van der Waals surface area contributed by atoms with Crippen LogP contribution in [-0.4, -0.2) is 23.0 Å². The summed E-state index contributed by atoms with van der Waals surface area (Å²) in [6, 6.07) is 5.24. The van der Waals surface area contributed by atoms with Crippen molar-refractivity contribution in [2.45, 2.75) is 6.92 Å². The van der Waals surface area contributed by atoms with E-state index in [4.69, 9.17) is 0 Å². The summed E-state index contributed by atoms with van der Waals surface area (Å²) in [6.07, 6.45) is 1.16. The molecule has 1 heterocycles. The number of nitrogens with one attached hydrogen (secondary N) is 1. The molecular formula is C14H12FN3O4. The van der Waals surface area contributed by atoms with Crippen molar-refractivity contribution < 1.29 is 18.8 Å². The highest BCUT2D eigenvalue weighted by atomic mass is 19.1. The van der Waals surface area contributed by atoms with Crippen molar-refractivity contribution in [2.24, 2.45) is 0 Å². The number of nitrogens with zero attached hydrogens (tertiary/aromatic N) is 2. The molecule has 0 aliphatic carbocycles. The summed E-state index contributed by atoms with van der Waals surface area (Å²) in [4.78, 5) is 25.7. The van der Waals surface area contributed by atoms with Gasteiger partial charge in [-0.1, -0.05) is 0 Å². The summed E-state index contributed by atoms with van der Waals surface area (Å²) >= 11 is 0. The highest BCUT2D eigenvalue weighted by Crippen LogP contribution is 2.27. The Morgan fingerprint density at radius 3 is 2.73 bits per heavy atom. The lowest BCUT2D eigenvalue weighted by Gasteiger charge is -2.08. The van der Waals surface area contributed by atoms with Crippen LogP contribution in [0.4, 0.5) is 21.6 Å². The number of hydrogen-bond donors (Lipinski definition) is 1. The molecule has 0 radical (unpaired) electrons. The number of carbonyl (C=O) groups excluding carboxylic acids is 1. The summed E-state index contributed by atoms with van der Waals surface area (Å²) in [5, 5.41) is 13.8. The average molecular weight is 305 g/mol. The molecule has 0 amide bonds. The van der Waals surface area contributed by atoms with Crippen molar-refractivity contribution in [3.8, 4) is 0 Å². The number of methoxy groups -OCH3 is 1. The van der Waals surface area contributed by atoms with Crippen LogP contribution in [0, 0.1) is 22.9 Å². The third-order valence-corrected chi connectivity index (χ3v) is 2.91. The van der Waals surface area contributed by atoms with Gasteiger partial charge in [-0.3, -0.25) is 10.1 Å². The van der Waals surface area contributed by atoms with E-state index < -0.39 is 10.9 Å². The van der Waals surface area contributed by atoms with Crippen LogP contribution >= 0.6 is 0 Å². The fourth-order valence-corrected chi connectivity index (χ4v) is 1.78. The van der Waals surface area contributed by atoms with Crippen molar-refractivity contribution in [2.75, 3.05) is 12.4 Å². The van der Waals surface area contributed by atoms with Crippen LogP contribution in [0.1, 0.15) is 15.9 Å². The van der Waals surface area contributed by atoms with Crippen molar-refractivity contribution in [1.29, 1.82) is 0 Å². The zero-order valence-corrected chi connectivity index (χ0v) is 11.8. The summed E-state index contributed by atoms with van der Waals surface area (Å²) < 4.78 is 17.7. The van der Waals surface area contributed by atoms with Gasteiger partial charge >= 0.3 is 11.7 Å². The van der Waals surface area contributed by atoms with Crippen LogP contribution in [0.15, 0.2) is 30.5 Å². The molecule has 2 rings (SSSR count). The molecule has 2 aromatic rings. The molecule has 1 aromatic carbocycles. The largest absolute Gasteiger partial charge is 0.465 e. The minimum absolute atomic E-state index is 0.0324. The first-order valence-corrected chi connectivity index (χ1v) is 6.18. The number of aromatic nitrogens is 1. The molecule has 8 heteroatoms. The number of carbonyl (C=O) groups is 1. The van der Waals surface area contributed by atoms with Crippen molar-refractivity contribution in [1.82, 2.24) is 4.98 Å². The molecule has 1 aromatic heterocycles. The summed E-state index contributed by atoms with van der Waals surface area (Å²) in [6.45, 7) is 1.57. The Bertz CT molecular complexity index is 749. The van der Waals surface area contributed by atoms with Crippen LogP contribution in [0.2, 0.25) is 0 Å². The van der Waals surface area contributed by atoms with Crippen LogP contribution in [0.25, 0.3) is 0 Å². The molecule has 7 nitrogen and oxygen atoms in total. The van der Waals surface area contributed by atoms with E-state index in [1.54, 1.807) is 6.92 Å². The Morgan fingerprint density at radius 1 is 1.41 bits per heavy atom. The van der Waals surface area contributed by atoms with Gasteiger partial charge in [-0.2, -0.15) is 0 Å². The Balaban J connectivity index is 2.39. The maximum Gasteiger partial charge on any atom is 0.339 e. The number of pyridine rings is 1. The molecule has 0 saturated heterocycles. The Labute approximate surface area is 124 Å². The van der Waals surface area contributed by atoms with Crippen molar-refractivity contribution >= 4 is 23.2 Å². The first-order valence-electron chi connectivity index (χ1n) is 6.18. The molecule has 114 valence electrons. The summed E-state index contributed by atoms with van der Waals surface area (Å²) in [5.41, 5.74) is 0.416. The fourth-order valence-electron chi connectivity index (χ4n) is 1.78. The second-order valence-corrected chi connectivity index (χ2v) is 4.43. The van der Waals surface area contributed by atoms with Gasteiger partial charge in [0, 0.05) is 18.0 Å². The van der Waals surface area contributed by atoms with E-state index in [0.29, 0.717) is 11.3 Å². The number of hydrogen-bond acceptors (Lipinski definition) is 6. The zero-order valence-electron chi connectivity index (χ0n) is 11.8. The normalized spacial score (nSPS) is 10.1. The number of esters is 1. The first kappa shape index (κ1) is 15.4. The first-order chi connectivity index (χ1) is 10.4. The lowest BCUT2D eigenvalue weighted by Crippen LogP contribution is -2.06. The zero-order chi connectivity index (χ0) is 16.3. The van der Waals surface area contributed by atoms with Crippen molar-refractivity contribution in [3.63, 3.8) is 0 Å². The molecule has 0 unspecified atom stereocenters. The van der Waals surface area contributed by atoms with Gasteiger partial charge in [-0.15, -0.1) is 0 Å². The van der Waals surface area contributed by atoms with Crippen LogP contribution in [0.5, 0.6) is 0 Å². The quantitative estimate of drug-likeness (QED) is 0.530. The topological polar surface area (TPSA) is 94.4 Å². The van der Waals surface area contributed by atoms with Gasteiger partial charge in [0.05, 0.1) is 17.6 Å². The molecule has 0 fully saturated rings. The summed E-state index contributed by atoms with van der Waals surface area (Å²) in [5.74, 6) is -1.16. The van der Waals surface area contributed by atoms with Gasteiger partial charge in [0.15, 0.2) is 0 Å². The lowest BCUT2D eigenvalue weighted by atomic mass is 10.2. The maximum atomic E-state index is 13.2. The van der Waals surface area contributed by atoms with Gasteiger partial charge in [0.1, 0.15) is 5.82 Å². The minimum Gasteiger partial charge on any atom is -0.465 e. The third-order valence-electron chi connectivity index (χ3n) is 2.91. The summed E-state index contributed by atoms with van der Waals surface area (Å²) in [7, 11) is 1.17. The highest BCUT2D eigenvalue weighted by Gasteiger charge is 2.19. The standard InChI is InChI=1S/C14H12FN3O4/c1-8-5-10(3-4-11(8)15)17-13-12(18(20)21)6-9(7-16-13)14(19)22-2/h3-7H,1-2H3,(H,16,17). The number of halogens is 1. The fraction of sp³-hybridized carbons (Fsp3) is 0.143. The Hall–Kier alpha value is -3.03. The number of rotatable bonds is 4. The second kappa shape index (κ2) is 6.17. The molecule has 1 N–H and O–H groups in total. The Morgan fingerprint density at radius 2 is 2.14 bits per heavy atom. The van der Waals surface area contributed by atoms with E-state index >= 15 is 0 Å². The van der Waals surface area contributed by atoms with Crippen LogP contribution < -0.4 is 5.32 Å². The van der Waals surface area contributed by atoms with E-state index in [1.165, 1.54) is 25.3 Å². The molecule has 0 aliphatic rings. The second-order valence-electron chi connectivity index (χ2n) is 4.43. The molecular weight excluding hydrogens is 293 g/mol. The van der Waals surface area contributed by atoms with Gasteiger partial charge < -0.3 is 10.1 Å². The number of benzene rings is 1. The monoisotopic (exact) mass is 305 g/mol. The molecule has 0 bridgehead atoms. The number of ether oxygens (including phenoxy) is 1. The highest BCUT2D eigenvalue weighted by molar-refractivity contribution is 5.90. The molecule has 22 heavy (non-hydrogen) atoms. The molecule has 0 aliphatic heterocycles. The van der Waals surface area contributed by atoms with Crippen molar-refractivity contribution in [3.05, 3.63) is 57.5 Å². The predicted molar refractivity (Wildman–Crippen MR) is 76.7 cm³/mol. The minimum atomic E-state index is -0.722. The SMILES string of the molecule is COC(=O)c1cnc(Nc2ccc(F)c(C)c2)c([N+](=O)[O-])c1. The van der Waals surface area contributed by atoms with Gasteiger partial charge in [-0.05, 0) is 30.7 Å². The van der Waals surface area contributed by atoms with E-state index in [-0.39, 0.29) is 22.9 Å². The Kier molecular flexibility index (Phi) is 4.31. The van der Waals surface area contributed by atoms with E-state index in [0.717, 1.165) is 12.3 Å². The van der Waals surface area contributed by atoms with Gasteiger partial charge in [-0.25, -0.2) is 14.2 Å². The number of nitro groups is 1. The lowest BCUT2D eigenvalue weighted by molar-refractivity contribution is -0.384. The third kappa shape index (κ3) is 3.17. The molecule has 0 atom stereocenters. The van der Waals surface area contributed by atoms with E-state index in [1.807, 2.05) is 0 Å². The smallest absolute Gasteiger partial charge is 0.339 e. The van der Waals surface area contributed by atoms with E-state index in [2.05, 4.69) is 15.0 Å². The van der Waals surface area contributed by atoms with E-state index in [9.17, 15) is 19.3 Å². The maximum absolute atomic E-state index is 13.2. The van der Waals surface area contributed by atoms with Crippen LogP contribution in [-0.2, 0) is 4.74 Å². The average Bonchev–Trinajstić information content (AvgIpc) is 2.50. The number of anilines is 2. The van der Waals surface area contributed by atoms with Crippen LogP contribution in [0.3, 0.4) is 0 Å². The van der Waals surface area contributed by atoms with Gasteiger partial charge in [0.2, 0.25) is 5.82 Å². The molecule has 0 saturated carbocycles. The number of aryl methyl sites for hydroxylation is 1.